The first-order valence-electron chi connectivity index (χ1n) is 6.08. The summed E-state index contributed by atoms with van der Waals surface area (Å²) in [7, 11) is 1.71. The van der Waals surface area contributed by atoms with Crippen LogP contribution in [0.3, 0.4) is 0 Å². The van der Waals surface area contributed by atoms with Gasteiger partial charge in [0.2, 0.25) is 11.9 Å². The molecule has 0 spiro atoms. The Bertz CT molecular complexity index is 610. The molecular formula is C12H16N6O2. The molecule has 8 heteroatoms. The number of nitrogens with two attached hydrogens (primary N) is 1. The Labute approximate surface area is 116 Å². The van der Waals surface area contributed by atoms with E-state index in [0.29, 0.717) is 17.2 Å². The monoisotopic (exact) mass is 276 g/mol. The highest BCUT2D eigenvalue weighted by Gasteiger charge is 2.25. The van der Waals surface area contributed by atoms with Crippen molar-refractivity contribution in [1.82, 2.24) is 5.32 Å². The third-order valence-corrected chi connectivity index (χ3v) is 3.03. The van der Waals surface area contributed by atoms with Crippen LogP contribution in [0.1, 0.15) is 12.5 Å². The van der Waals surface area contributed by atoms with Crippen LogP contribution in [0.5, 0.6) is 0 Å². The molecule has 0 radical (unpaired) electrons. The van der Waals surface area contributed by atoms with Gasteiger partial charge in [0.25, 0.3) is 5.69 Å². The van der Waals surface area contributed by atoms with Crippen LogP contribution in [0.25, 0.3) is 0 Å². The lowest BCUT2D eigenvalue weighted by molar-refractivity contribution is -0.385. The highest BCUT2D eigenvalue weighted by Crippen LogP contribution is 2.27. The van der Waals surface area contributed by atoms with Crippen LogP contribution in [-0.4, -0.2) is 30.1 Å². The second kappa shape index (κ2) is 5.16. The number of hydrogen-bond acceptors (Lipinski definition) is 7. The molecule has 1 atom stereocenters. The molecule has 0 bridgehead atoms. The van der Waals surface area contributed by atoms with Crippen LogP contribution >= 0.6 is 0 Å². The number of aliphatic imine (C=N–C) groups is 2. The molecule has 1 unspecified atom stereocenters. The molecule has 2 rings (SSSR count). The number of hydrogen-bond donors (Lipinski definition) is 2. The van der Waals surface area contributed by atoms with E-state index in [0.717, 1.165) is 0 Å². The van der Waals surface area contributed by atoms with Crippen LogP contribution in [0.2, 0.25) is 0 Å². The van der Waals surface area contributed by atoms with Crippen LogP contribution in [0, 0.1) is 17.0 Å². The van der Waals surface area contributed by atoms with Gasteiger partial charge in [-0.3, -0.25) is 15.0 Å². The quantitative estimate of drug-likeness (QED) is 0.617. The van der Waals surface area contributed by atoms with Crippen molar-refractivity contribution in [3.63, 3.8) is 0 Å². The Balaban J connectivity index is 2.48. The molecule has 0 aliphatic carbocycles. The Morgan fingerprint density at radius 1 is 1.50 bits per heavy atom. The number of nitrogens with one attached hydrogen (secondary N) is 1. The molecule has 1 aliphatic heterocycles. The molecule has 1 aromatic carbocycles. The maximum absolute atomic E-state index is 11.0. The maximum atomic E-state index is 11.0. The highest BCUT2D eigenvalue weighted by atomic mass is 16.6. The van der Waals surface area contributed by atoms with Gasteiger partial charge in [-0.15, -0.1) is 0 Å². The summed E-state index contributed by atoms with van der Waals surface area (Å²) in [6, 6.07) is 5.01. The van der Waals surface area contributed by atoms with Gasteiger partial charge >= 0.3 is 0 Å². The minimum absolute atomic E-state index is 0.0627. The van der Waals surface area contributed by atoms with Crippen LogP contribution < -0.4 is 16.0 Å². The molecule has 0 amide bonds. The number of rotatable bonds is 2. The summed E-state index contributed by atoms with van der Waals surface area (Å²) in [6.07, 6.45) is -0.294. The normalized spacial score (nSPS) is 18.4. The summed E-state index contributed by atoms with van der Waals surface area (Å²) in [4.78, 5) is 20.6. The minimum Gasteiger partial charge on any atom is -0.368 e. The summed E-state index contributed by atoms with van der Waals surface area (Å²) >= 11 is 0. The van der Waals surface area contributed by atoms with Crippen molar-refractivity contribution in [2.24, 2.45) is 15.7 Å². The van der Waals surface area contributed by atoms with Gasteiger partial charge in [-0.25, -0.2) is 4.99 Å². The summed E-state index contributed by atoms with van der Waals surface area (Å²) in [5, 5.41) is 14.0. The molecular weight excluding hydrogens is 260 g/mol. The Hall–Kier alpha value is -2.64. The smallest absolute Gasteiger partial charge is 0.274 e. The molecule has 106 valence electrons. The third-order valence-electron chi connectivity index (χ3n) is 3.03. The lowest BCUT2D eigenvalue weighted by atomic mass is 10.1. The zero-order valence-electron chi connectivity index (χ0n) is 11.5. The topological polar surface area (TPSA) is 109 Å². The van der Waals surface area contributed by atoms with Gasteiger partial charge in [0, 0.05) is 18.7 Å². The SMILES string of the molecule is CNC1=NC(N)=NC(C)N1c1ccc(C)c([N+](=O)[O-])c1. The van der Waals surface area contributed by atoms with Crippen molar-refractivity contribution in [2.45, 2.75) is 20.0 Å². The molecule has 0 saturated heterocycles. The zero-order chi connectivity index (χ0) is 14.9. The number of benzene rings is 1. The minimum atomic E-state index is -0.402. The molecule has 1 aliphatic rings. The van der Waals surface area contributed by atoms with Gasteiger partial charge in [-0.1, -0.05) is 6.07 Å². The molecule has 0 fully saturated rings. The average molecular weight is 276 g/mol. The van der Waals surface area contributed by atoms with Gasteiger partial charge in [-0.05, 0) is 19.9 Å². The second-order valence-electron chi connectivity index (χ2n) is 4.40. The van der Waals surface area contributed by atoms with E-state index < -0.39 is 4.92 Å². The van der Waals surface area contributed by atoms with E-state index in [4.69, 9.17) is 5.73 Å². The molecule has 20 heavy (non-hydrogen) atoms. The first kappa shape index (κ1) is 13.8. The fourth-order valence-corrected chi connectivity index (χ4v) is 2.08. The number of nitro groups is 1. The summed E-state index contributed by atoms with van der Waals surface area (Å²) in [5.74, 6) is 0.683. The lowest BCUT2D eigenvalue weighted by Gasteiger charge is -2.31. The van der Waals surface area contributed by atoms with Gasteiger partial charge in [0.1, 0.15) is 6.17 Å². The van der Waals surface area contributed by atoms with Crippen molar-refractivity contribution >= 4 is 23.3 Å². The largest absolute Gasteiger partial charge is 0.368 e. The Morgan fingerprint density at radius 2 is 2.20 bits per heavy atom. The van der Waals surface area contributed by atoms with Crippen molar-refractivity contribution in [1.29, 1.82) is 0 Å². The lowest BCUT2D eigenvalue weighted by Crippen LogP contribution is -2.48. The zero-order valence-corrected chi connectivity index (χ0v) is 11.5. The first-order chi connectivity index (χ1) is 9.43. The summed E-state index contributed by atoms with van der Waals surface area (Å²) < 4.78 is 0. The van der Waals surface area contributed by atoms with Crippen LogP contribution in [0.4, 0.5) is 11.4 Å². The predicted molar refractivity (Wildman–Crippen MR) is 77.9 cm³/mol. The van der Waals surface area contributed by atoms with Crippen molar-refractivity contribution in [3.8, 4) is 0 Å². The first-order valence-corrected chi connectivity index (χ1v) is 6.08. The Morgan fingerprint density at radius 3 is 2.80 bits per heavy atom. The fraction of sp³-hybridized carbons (Fsp3) is 0.333. The molecule has 0 saturated carbocycles. The highest BCUT2D eigenvalue weighted by molar-refractivity contribution is 6.05. The molecule has 3 N–H and O–H groups in total. The van der Waals surface area contributed by atoms with Gasteiger partial charge in [-0.2, -0.15) is 4.99 Å². The average Bonchev–Trinajstić information content (AvgIpc) is 2.38. The molecule has 8 nitrogen and oxygen atoms in total. The van der Waals surface area contributed by atoms with E-state index in [1.165, 1.54) is 6.07 Å². The van der Waals surface area contributed by atoms with Crippen molar-refractivity contribution < 1.29 is 4.92 Å². The van der Waals surface area contributed by atoms with E-state index in [1.807, 2.05) is 6.92 Å². The van der Waals surface area contributed by atoms with Crippen LogP contribution in [-0.2, 0) is 0 Å². The van der Waals surface area contributed by atoms with Gasteiger partial charge in [0.05, 0.1) is 10.6 Å². The number of guanidine groups is 2. The van der Waals surface area contributed by atoms with E-state index in [-0.39, 0.29) is 17.8 Å². The number of anilines is 1. The second-order valence-corrected chi connectivity index (χ2v) is 4.40. The van der Waals surface area contributed by atoms with Crippen molar-refractivity contribution in [3.05, 3.63) is 33.9 Å². The van der Waals surface area contributed by atoms with Crippen molar-refractivity contribution in [2.75, 3.05) is 11.9 Å². The number of nitro benzene ring substituents is 1. The molecule has 1 heterocycles. The van der Waals surface area contributed by atoms with E-state index in [2.05, 4.69) is 15.3 Å². The van der Waals surface area contributed by atoms with Gasteiger partial charge in [0.15, 0.2) is 0 Å². The third kappa shape index (κ3) is 2.40. The van der Waals surface area contributed by atoms with Crippen LogP contribution in [0.15, 0.2) is 28.2 Å². The number of aryl methyl sites for hydroxylation is 1. The standard InChI is InChI=1S/C12H16N6O2/c1-7-4-5-9(6-10(7)18(19)20)17-8(2)15-11(13)16-12(17)14-3/h4-6,8H,1-3H3,(H3,13,14,15,16). The molecule has 1 aromatic rings. The summed E-state index contributed by atoms with van der Waals surface area (Å²) in [5.41, 5.74) is 6.93. The number of nitrogens with zero attached hydrogens (tertiary/aromatic N) is 4. The van der Waals surface area contributed by atoms with E-state index >= 15 is 0 Å². The molecule has 0 aromatic heterocycles. The fourth-order valence-electron chi connectivity index (χ4n) is 2.08. The summed E-state index contributed by atoms with van der Waals surface area (Å²) in [6.45, 7) is 3.54. The van der Waals surface area contributed by atoms with E-state index in [9.17, 15) is 10.1 Å². The Kier molecular flexibility index (Phi) is 3.55. The van der Waals surface area contributed by atoms with Gasteiger partial charge < -0.3 is 11.1 Å². The predicted octanol–water partition coefficient (Wildman–Crippen LogP) is 0.959. The maximum Gasteiger partial charge on any atom is 0.274 e. The van der Waals surface area contributed by atoms with E-state index in [1.54, 1.807) is 31.0 Å².